The smallest absolute Gasteiger partial charge is 0.126 e. The molecule has 2 N–H and O–H groups in total. The molecule has 0 bridgehead atoms. The van der Waals surface area contributed by atoms with E-state index in [0.29, 0.717) is 0 Å². The van der Waals surface area contributed by atoms with Gasteiger partial charge in [0.1, 0.15) is 5.82 Å². The van der Waals surface area contributed by atoms with Crippen LogP contribution in [-0.4, -0.2) is 0 Å². The highest BCUT2D eigenvalue weighted by molar-refractivity contribution is 5.40. The molecule has 0 heterocycles. The van der Waals surface area contributed by atoms with Gasteiger partial charge in [-0.05, 0) is 48.4 Å². The molecule has 2 rings (SSSR count). The molecule has 0 saturated heterocycles. The van der Waals surface area contributed by atoms with Gasteiger partial charge in [0.2, 0.25) is 0 Å². The molecule has 1 aliphatic rings. The molecule has 0 fully saturated rings. The third-order valence-corrected chi connectivity index (χ3v) is 3.08. The van der Waals surface area contributed by atoms with Crippen LogP contribution in [0.4, 0.5) is 4.39 Å². The third-order valence-electron chi connectivity index (χ3n) is 3.08. The van der Waals surface area contributed by atoms with Gasteiger partial charge in [-0.25, -0.2) is 4.39 Å². The van der Waals surface area contributed by atoms with Gasteiger partial charge < -0.3 is 5.73 Å². The molecule has 1 nitrogen and oxygen atoms in total. The first kappa shape index (κ1) is 9.66. The van der Waals surface area contributed by atoms with Crippen molar-refractivity contribution in [2.45, 2.75) is 38.6 Å². The van der Waals surface area contributed by atoms with Crippen molar-refractivity contribution < 1.29 is 4.39 Å². The van der Waals surface area contributed by atoms with E-state index in [1.807, 2.05) is 6.07 Å². The van der Waals surface area contributed by atoms with E-state index in [1.54, 1.807) is 6.07 Å². The maximum absolute atomic E-state index is 13.5. The average Bonchev–Trinajstić information content (AvgIpc) is 2.20. The summed E-state index contributed by atoms with van der Waals surface area (Å²) >= 11 is 0. The van der Waals surface area contributed by atoms with E-state index in [9.17, 15) is 4.39 Å². The Bertz CT molecular complexity index is 346. The maximum Gasteiger partial charge on any atom is 0.126 e. The topological polar surface area (TPSA) is 26.0 Å². The van der Waals surface area contributed by atoms with E-state index in [2.05, 4.69) is 6.92 Å². The highest BCUT2D eigenvalue weighted by Crippen LogP contribution is 2.32. The zero-order chi connectivity index (χ0) is 10.1. The summed E-state index contributed by atoms with van der Waals surface area (Å²) in [5, 5.41) is 0. The Balaban J connectivity index is 2.58. The van der Waals surface area contributed by atoms with Gasteiger partial charge in [0, 0.05) is 6.04 Å². The van der Waals surface area contributed by atoms with Crippen LogP contribution in [0.2, 0.25) is 0 Å². The predicted molar refractivity (Wildman–Crippen MR) is 55.6 cm³/mol. The molecule has 14 heavy (non-hydrogen) atoms. The van der Waals surface area contributed by atoms with Crippen LogP contribution >= 0.6 is 0 Å². The fourth-order valence-electron chi connectivity index (χ4n) is 2.35. The summed E-state index contributed by atoms with van der Waals surface area (Å²) in [6.07, 6.45) is 3.79. The Morgan fingerprint density at radius 2 is 2.29 bits per heavy atom. The molecular weight excluding hydrogens is 177 g/mol. The van der Waals surface area contributed by atoms with Crippen molar-refractivity contribution in [2.24, 2.45) is 5.73 Å². The minimum absolute atomic E-state index is 0.0457. The van der Waals surface area contributed by atoms with Crippen LogP contribution in [-0.2, 0) is 12.8 Å². The average molecular weight is 193 g/mol. The molecule has 0 spiro atoms. The number of benzene rings is 1. The Morgan fingerprint density at radius 1 is 1.50 bits per heavy atom. The Morgan fingerprint density at radius 3 is 3.00 bits per heavy atom. The zero-order valence-corrected chi connectivity index (χ0v) is 8.52. The minimum Gasteiger partial charge on any atom is -0.324 e. The van der Waals surface area contributed by atoms with Crippen molar-refractivity contribution in [1.82, 2.24) is 0 Å². The van der Waals surface area contributed by atoms with Crippen molar-refractivity contribution in [3.05, 3.63) is 34.6 Å². The number of hydrogen-bond donors (Lipinski definition) is 1. The summed E-state index contributed by atoms with van der Waals surface area (Å²) < 4.78 is 13.5. The highest BCUT2D eigenvalue weighted by Gasteiger charge is 2.22. The van der Waals surface area contributed by atoms with Crippen LogP contribution in [0.3, 0.4) is 0 Å². The van der Waals surface area contributed by atoms with E-state index in [0.717, 1.165) is 36.8 Å². The van der Waals surface area contributed by atoms with Crippen molar-refractivity contribution in [3.63, 3.8) is 0 Å². The number of rotatable bonds is 1. The second-order valence-electron chi connectivity index (χ2n) is 3.95. The van der Waals surface area contributed by atoms with Gasteiger partial charge in [-0.2, -0.15) is 0 Å². The van der Waals surface area contributed by atoms with Crippen LogP contribution in [0, 0.1) is 5.82 Å². The summed E-state index contributed by atoms with van der Waals surface area (Å²) in [5.74, 6) is -0.0765. The lowest BCUT2D eigenvalue weighted by Crippen LogP contribution is -2.20. The summed E-state index contributed by atoms with van der Waals surface area (Å²) in [6.45, 7) is 2.09. The first-order chi connectivity index (χ1) is 6.74. The molecule has 0 radical (unpaired) electrons. The van der Waals surface area contributed by atoms with Gasteiger partial charge in [0.15, 0.2) is 0 Å². The monoisotopic (exact) mass is 193 g/mol. The quantitative estimate of drug-likeness (QED) is 0.729. The number of halogens is 1. The largest absolute Gasteiger partial charge is 0.324 e. The zero-order valence-electron chi connectivity index (χ0n) is 8.52. The lowest BCUT2D eigenvalue weighted by Gasteiger charge is -2.25. The molecule has 1 aliphatic carbocycles. The van der Waals surface area contributed by atoms with Crippen molar-refractivity contribution in [2.75, 3.05) is 0 Å². The molecule has 0 aliphatic heterocycles. The normalized spacial score (nSPS) is 20.6. The molecule has 0 amide bonds. The van der Waals surface area contributed by atoms with Crippen molar-refractivity contribution in [1.29, 1.82) is 0 Å². The number of hydrogen-bond acceptors (Lipinski definition) is 1. The summed E-state index contributed by atoms with van der Waals surface area (Å²) in [6, 6.07) is 3.50. The lowest BCUT2D eigenvalue weighted by molar-refractivity contribution is 0.527. The van der Waals surface area contributed by atoms with Crippen molar-refractivity contribution >= 4 is 0 Å². The van der Waals surface area contributed by atoms with Gasteiger partial charge in [-0.1, -0.05) is 13.0 Å². The first-order valence-electron chi connectivity index (χ1n) is 5.29. The second kappa shape index (κ2) is 3.70. The summed E-state index contributed by atoms with van der Waals surface area (Å²) in [4.78, 5) is 0. The van der Waals surface area contributed by atoms with E-state index in [4.69, 9.17) is 5.73 Å². The van der Waals surface area contributed by atoms with E-state index < -0.39 is 0 Å². The van der Waals surface area contributed by atoms with Crippen LogP contribution in [0.5, 0.6) is 0 Å². The fourth-order valence-corrected chi connectivity index (χ4v) is 2.35. The predicted octanol–water partition coefficient (Wildman–Crippen LogP) is 2.72. The standard InChI is InChI=1S/C12H16FN/c1-2-8-6-7-10(13)9-4-3-5-11(14)12(8)9/h6-7,11H,2-5,14H2,1H3/t11-/m0/s1. The molecule has 76 valence electrons. The molecule has 0 unspecified atom stereocenters. The Kier molecular flexibility index (Phi) is 2.55. The first-order valence-corrected chi connectivity index (χ1v) is 5.29. The second-order valence-corrected chi connectivity index (χ2v) is 3.95. The highest BCUT2D eigenvalue weighted by atomic mass is 19.1. The van der Waals surface area contributed by atoms with E-state index in [1.165, 1.54) is 5.56 Å². The number of nitrogens with two attached hydrogens (primary N) is 1. The minimum atomic E-state index is -0.0765. The number of fused-ring (bicyclic) bond motifs is 1. The van der Waals surface area contributed by atoms with Crippen LogP contribution < -0.4 is 5.73 Å². The van der Waals surface area contributed by atoms with E-state index in [-0.39, 0.29) is 11.9 Å². The van der Waals surface area contributed by atoms with Crippen LogP contribution in [0.1, 0.15) is 42.5 Å². The van der Waals surface area contributed by atoms with Gasteiger partial charge >= 0.3 is 0 Å². The molecule has 1 aromatic rings. The van der Waals surface area contributed by atoms with Gasteiger partial charge in [-0.3, -0.25) is 0 Å². The molecule has 1 atom stereocenters. The van der Waals surface area contributed by atoms with Crippen LogP contribution in [0.15, 0.2) is 12.1 Å². The molecule has 0 saturated carbocycles. The summed E-state index contributed by atoms with van der Waals surface area (Å²) in [7, 11) is 0. The van der Waals surface area contributed by atoms with Gasteiger partial charge in [0.25, 0.3) is 0 Å². The molecular formula is C12H16FN. The molecule has 2 heteroatoms. The molecule has 1 aromatic carbocycles. The Hall–Kier alpha value is -0.890. The SMILES string of the molecule is CCc1ccc(F)c2c1[C@@H](N)CCC2. The third kappa shape index (κ3) is 1.44. The maximum atomic E-state index is 13.5. The fraction of sp³-hybridized carbons (Fsp3) is 0.500. The van der Waals surface area contributed by atoms with E-state index >= 15 is 0 Å². The van der Waals surface area contributed by atoms with Gasteiger partial charge in [-0.15, -0.1) is 0 Å². The number of aryl methyl sites for hydroxylation is 1. The molecule has 0 aromatic heterocycles. The summed E-state index contributed by atoms with van der Waals surface area (Å²) in [5.41, 5.74) is 9.19. The van der Waals surface area contributed by atoms with Gasteiger partial charge in [0.05, 0.1) is 0 Å². The lowest BCUT2D eigenvalue weighted by atomic mass is 9.84. The van der Waals surface area contributed by atoms with Crippen molar-refractivity contribution in [3.8, 4) is 0 Å². The van der Waals surface area contributed by atoms with Crippen LogP contribution in [0.25, 0.3) is 0 Å². The Labute approximate surface area is 84.1 Å².